The maximum Gasteiger partial charge on any atom is 0.138 e. The van der Waals surface area contributed by atoms with E-state index in [9.17, 15) is 4.39 Å². The summed E-state index contributed by atoms with van der Waals surface area (Å²) in [5.41, 5.74) is 6.63. The minimum atomic E-state index is -0.425. The second kappa shape index (κ2) is 6.11. The first-order chi connectivity index (χ1) is 9.47. The lowest BCUT2D eigenvalue weighted by Gasteiger charge is -2.10. The smallest absolute Gasteiger partial charge is 0.138 e. The molecule has 0 atom stereocenters. The third kappa shape index (κ3) is 3.40. The minimum absolute atomic E-state index is 0.0547. The van der Waals surface area contributed by atoms with E-state index in [-0.39, 0.29) is 17.5 Å². The van der Waals surface area contributed by atoms with Crippen molar-refractivity contribution in [2.45, 2.75) is 6.61 Å². The SMILES string of the molecule is N=C(N)c1ccc(COc2ccc(F)cc2Cl)c(Cl)c1. The Balaban J connectivity index is 2.13. The first-order valence-electron chi connectivity index (χ1n) is 5.68. The van der Waals surface area contributed by atoms with E-state index in [1.807, 2.05) is 0 Å². The van der Waals surface area contributed by atoms with Crippen LogP contribution in [0.1, 0.15) is 11.1 Å². The Morgan fingerprint density at radius 3 is 2.50 bits per heavy atom. The first kappa shape index (κ1) is 14.6. The molecule has 0 heterocycles. The van der Waals surface area contributed by atoms with Crippen LogP contribution in [0.3, 0.4) is 0 Å². The first-order valence-corrected chi connectivity index (χ1v) is 6.43. The Labute approximate surface area is 125 Å². The summed E-state index contributed by atoms with van der Waals surface area (Å²) in [5.74, 6) is -0.105. The van der Waals surface area contributed by atoms with Gasteiger partial charge in [-0.25, -0.2) is 4.39 Å². The maximum absolute atomic E-state index is 12.9. The van der Waals surface area contributed by atoms with Gasteiger partial charge in [-0.3, -0.25) is 5.41 Å². The van der Waals surface area contributed by atoms with Crippen LogP contribution in [0, 0.1) is 11.2 Å². The van der Waals surface area contributed by atoms with Gasteiger partial charge in [-0.05, 0) is 24.3 Å². The zero-order valence-electron chi connectivity index (χ0n) is 10.3. The van der Waals surface area contributed by atoms with Crippen molar-refractivity contribution in [1.29, 1.82) is 5.41 Å². The number of rotatable bonds is 4. The van der Waals surface area contributed by atoms with Gasteiger partial charge in [0.1, 0.15) is 24.0 Å². The molecule has 0 unspecified atom stereocenters. The summed E-state index contributed by atoms with van der Waals surface area (Å²) in [4.78, 5) is 0. The second-order valence-electron chi connectivity index (χ2n) is 4.08. The highest BCUT2D eigenvalue weighted by Gasteiger charge is 2.07. The van der Waals surface area contributed by atoms with Crippen molar-refractivity contribution in [3.63, 3.8) is 0 Å². The zero-order chi connectivity index (χ0) is 14.7. The molecule has 0 aliphatic heterocycles. The predicted molar refractivity (Wildman–Crippen MR) is 78.2 cm³/mol. The molecule has 3 nitrogen and oxygen atoms in total. The van der Waals surface area contributed by atoms with Crippen LogP contribution in [0.5, 0.6) is 5.75 Å². The normalized spacial score (nSPS) is 10.3. The number of hydrogen-bond acceptors (Lipinski definition) is 2. The van der Waals surface area contributed by atoms with Crippen LogP contribution in [-0.4, -0.2) is 5.84 Å². The molecule has 6 heteroatoms. The molecule has 20 heavy (non-hydrogen) atoms. The van der Waals surface area contributed by atoms with Crippen molar-refractivity contribution in [3.8, 4) is 5.75 Å². The number of hydrogen-bond donors (Lipinski definition) is 2. The number of nitrogens with two attached hydrogens (primary N) is 1. The van der Waals surface area contributed by atoms with Gasteiger partial charge in [-0.2, -0.15) is 0 Å². The quantitative estimate of drug-likeness (QED) is 0.662. The van der Waals surface area contributed by atoms with Crippen molar-refractivity contribution < 1.29 is 9.13 Å². The lowest BCUT2D eigenvalue weighted by atomic mass is 10.1. The van der Waals surface area contributed by atoms with Crippen molar-refractivity contribution in [3.05, 3.63) is 63.4 Å². The highest BCUT2D eigenvalue weighted by atomic mass is 35.5. The van der Waals surface area contributed by atoms with Crippen LogP contribution in [0.4, 0.5) is 4.39 Å². The monoisotopic (exact) mass is 312 g/mol. The molecule has 0 aliphatic carbocycles. The Hall–Kier alpha value is -1.78. The van der Waals surface area contributed by atoms with E-state index in [0.29, 0.717) is 16.3 Å². The molecule has 104 valence electrons. The van der Waals surface area contributed by atoms with E-state index in [2.05, 4.69) is 0 Å². The Morgan fingerprint density at radius 1 is 1.15 bits per heavy atom. The predicted octanol–water partition coefficient (Wildman–Crippen LogP) is 4.00. The summed E-state index contributed by atoms with van der Waals surface area (Å²) in [6, 6.07) is 8.89. The summed E-state index contributed by atoms with van der Waals surface area (Å²) in [7, 11) is 0. The Bertz CT molecular complexity index is 662. The fourth-order valence-electron chi connectivity index (χ4n) is 1.58. The van der Waals surface area contributed by atoms with Gasteiger partial charge < -0.3 is 10.5 Å². The highest BCUT2D eigenvalue weighted by Crippen LogP contribution is 2.27. The molecule has 0 aromatic heterocycles. The van der Waals surface area contributed by atoms with Gasteiger partial charge in [0.05, 0.1) is 5.02 Å². The Kier molecular flexibility index (Phi) is 4.47. The summed E-state index contributed by atoms with van der Waals surface area (Å²) >= 11 is 11.9. The minimum Gasteiger partial charge on any atom is -0.487 e. The van der Waals surface area contributed by atoms with Gasteiger partial charge in [0, 0.05) is 16.1 Å². The molecule has 2 rings (SSSR count). The number of ether oxygens (including phenoxy) is 1. The highest BCUT2D eigenvalue weighted by molar-refractivity contribution is 6.32. The van der Waals surface area contributed by atoms with Crippen LogP contribution in [0.15, 0.2) is 36.4 Å². The van der Waals surface area contributed by atoms with E-state index >= 15 is 0 Å². The van der Waals surface area contributed by atoms with Crippen molar-refractivity contribution in [2.75, 3.05) is 0 Å². The molecule has 0 spiro atoms. The topological polar surface area (TPSA) is 59.1 Å². The van der Waals surface area contributed by atoms with E-state index in [1.54, 1.807) is 18.2 Å². The molecule has 0 saturated heterocycles. The van der Waals surface area contributed by atoms with Crippen molar-refractivity contribution in [2.24, 2.45) is 5.73 Å². The number of benzene rings is 2. The summed E-state index contributed by atoms with van der Waals surface area (Å²) in [6.07, 6.45) is 0. The van der Waals surface area contributed by atoms with Crippen molar-refractivity contribution in [1.82, 2.24) is 0 Å². The molecule has 0 saturated carbocycles. The molecule has 3 N–H and O–H groups in total. The molecule has 0 fully saturated rings. The maximum atomic E-state index is 12.9. The van der Waals surface area contributed by atoms with Gasteiger partial charge in [-0.15, -0.1) is 0 Å². The van der Waals surface area contributed by atoms with Crippen LogP contribution in [0.2, 0.25) is 10.0 Å². The molecule has 0 aliphatic rings. The van der Waals surface area contributed by atoms with E-state index in [1.165, 1.54) is 18.2 Å². The molecule has 2 aromatic carbocycles. The molecule has 0 radical (unpaired) electrons. The van der Waals surface area contributed by atoms with E-state index < -0.39 is 5.82 Å². The van der Waals surface area contributed by atoms with Crippen LogP contribution >= 0.6 is 23.2 Å². The average Bonchev–Trinajstić information content (AvgIpc) is 2.38. The lowest BCUT2D eigenvalue weighted by Crippen LogP contribution is -2.11. The average molecular weight is 313 g/mol. The largest absolute Gasteiger partial charge is 0.487 e. The van der Waals surface area contributed by atoms with E-state index in [4.69, 9.17) is 39.1 Å². The third-order valence-corrected chi connectivity index (χ3v) is 3.29. The fourth-order valence-corrected chi connectivity index (χ4v) is 2.04. The molecular formula is C14H11Cl2FN2O. The number of halogens is 3. The van der Waals surface area contributed by atoms with Gasteiger partial charge in [0.25, 0.3) is 0 Å². The third-order valence-electron chi connectivity index (χ3n) is 2.64. The molecule has 0 amide bonds. The van der Waals surface area contributed by atoms with E-state index in [0.717, 1.165) is 5.56 Å². The van der Waals surface area contributed by atoms with Crippen molar-refractivity contribution >= 4 is 29.0 Å². The van der Waals surface area contributed by atoms with Gasteiger partial charge in [0.2, 0.25) is 0 Å². The summed E-state index contributed by atoms with van der Waals surface area (Å²) in [5, 5.41) is 7.96. The zero-order valence-corrected chi connectivity index (χ0v) is 11.8. The molecular weight excluding hydrogens is 302 g/mol. The fraction of sp³-hybridized carbons (Fsp3) is 0.0714. The standard InChI is InChI=1S/C14H11Cl2FN2O/c15-11-5-8(14(18)19)1-2-9(11)7-20-13-4-3-10(17)6-12(13)16/h1-6H,7H2,(H3,18,19). The van der Waals surface area contributed by atoms with Gasteiger partial charge in [-0.1, -0.05) is 35.3 Å². The van der Waals surface area contributed by atoms with Crippen LogP contribution in [-0.2, 0) is 6.61 Å². The number of nitrogen functional groups attached to an aromatic ring is 1. The molecule has 2 aromatic rings. The number of nitrogens with one attached hydrogen (secondary N) is 1. The van der Waals surface area contributed by atoms with Crippen LogP contribution < -0.4 is 10.5 Å². The Morgan fingerprint density at radius 2 is 1.90 bits per heavy atom. The lowest BCUT2D eigenvalue weighted by molar-refractivity contribution is 0.306. The molecule has 0 bridgehead atoms. The van der Waals surface area contributed by atoms with Gasteiger partial charge >= 0.3 is 0 Å². The van der Waals surface area contributed by atoms with Gasteiger partial charge in [0.15, 0.2) is 0 Å². The number of amidine groups is 1. The van der Waals surface area contributed by atoms with Crippen LogP contribution in [0.25, 0.3) is 0 Å². The second-order valence-corrected chi connectivity index (χ2v) is 4.90. The summed E-state index contributed by atoms with van der Waals surface area (Å²) in [6.45, 7) is 0.183. The summed E-state index contributed by atoms with van der Waals surface area (Å²) < 4.78 is 18.4.